The van der Waals surface area contributed by atoms with Crippen LogP contribution in [0.4, 0.5) is 4.79 Å². The van der Waals surface area contributed by atoms with Crippen LogP contribution in [0, 0.1) is 0 Å². The number of nitrogens with zero attached hydrogens (tertiary/aromatic N) is 4. The first-order valence-electron chi connectivity index (χ1n) is 10.1. The minimum Gasteiger partial charge on any atom is -0.454 e. The van der Waals surface area contributed by atoms with Gasteiger partial charge in [0.25, 0.3) is 17.1 Å². The molecule has 1 aromatic heterocycles. The van der Waals surface area contributed by atoms with Crippen LogP contribution in [0.15, 0.2) is 53.6 Å². The van der Waals surface area contributed by atoms with Crippen molar-refractivity contribution in [1.29, 1.82) is 0 Å². The van der Waals surface area contributed by atoms with Crippen molar-refractivity contribution in [2.24, 2.45) is 0 Å². The lowest BCUT2D eigenvalue weighted by molar-refractivity contribution is -0.122. The molecule has 172 valence electrons. The van der Waals surface area contributed by atoms with Gasteiger partial charge < -0.3 is 14.8 Å². The molecule has 1 saturated heterocycles. The molecule has 0 spiro atoms. The normalized spacial score (nSPS) is 15.9. The highest BCUT2D eigenvalue weighted by Crippen LogP contribution is 2.36. The molecule has 12 heteroatoms. The largest absolute Gasteiger partial charge is 0.454 e. The van der Waals surface area contributed by atoms with Crippen LogP contribution in [0.2, 0.25) is 5.02 Å². The van der Waals surface area contributed by atoms with Crippen molar-refractivity contribution in [3.63, 3.8) is 0 Å². The zero-order valence-corrected chi connectivity index (χ0v) is 19.0. The maximum atomic E-state index is 12.7. The number of imide groups is 1. The standard InChI is InChI=1S/C22H16ClN5O5S/c23-14-3-1-2-4-15(14)28-16(11-25-26-28)20(29)24-7-8-27-21(30)19(34-22(27)31)10-13-5-6-17-18(9-13)33-12-32-17/h1-6,9-11H,7-8,12H2,(H,24,29)/b19-10+. The second kappa shape index (κ2) is 9.20. The van der Waals surface area contributed by atoms with Crippen LogP contribution in [0.1, 0.15) is 16.1 Å². The van der Waals surface area contributed by atoms with Gasteiger partial charge in [0.05, 0.1) is 21.8 Å². The Hall–Kier alpha value is -3.83. The average molecular weight is 498 g/mol. The van der Waals surface area contributed by atoms with Crippen LogP contribution in [0.5, 0.6) is 11.5 Å². The van der Waals surface area contributed by atoms with Crippen LogP contribution in [0.3, 0.4) is 0 Å². The predicted molar refractivity (Wildman–Crippen MR) is 124 cm³/mol. The summed E-state index contributed by atoms with van der Waals surface area (Å²) in [6.07, 6.45) is 2.94. The maximum Gasteiger partial charge on any atom is 0.293 e. The molecule has 10 nitrogen and oxygen atoms in total. The summed E-state index contributed by atoms with van der Waals surface area (Å²) in [6.45, 7) is 0.223. The molecule has 3 aromatic rings. The highest BCUT2D eigenvalue weighted by molar-refractivity contribution is 8.18. The monoisotopic (exact) mass is 497 g/mol. The molecule has 3 amide bonds. The zero-order chi connectivity index (χ0) is 23.7. The van der Waals surface area contributed by atoms with E-state index in [0.717, 1.165) is 16.7 Å². The van der Waals surface area contributed by atoms with Crippen molar-refractivity contribution >= 4 is 46.5 Å². The molecule has 0 unspecified atom stereocenters. The molecule has 34 heavy (non-hydrogen) atoms. The van der Waals surface area contributed by atoms with Crippen LogP contribution in [0.25, 0.3) is 11.8 Å². The first-order chi connectivity index (χ1) is 16.5. The smallest absolute Gasteiger partial charge is 0.293 e. The van der Waals surface area contributed by atoms with Gasteiger partial charge in [-0.25, -0.2) is 4.68 Å². The summed E-state index contributed by atoms with van der Waals surface area (Å²) in [5, 5.41) is 10.4. The van der Waals surface area contributed by atoms with Crippen molar-refractivity contribution in [1.82, 2.24) is 25.2 Å². The average Bonchev–Trinajstić information content (AvgIpc) is 3.55. The highest BCUT2D eigenvalue weighted by Gasteiger charge is 2.35. The topological polar surface area (TPSA) is 116 Å². The van der Waals surface area contributed by atoms with Crippen LogP contribution < -0.4 is 14.8 Å². The molecule has 5 rings (SSSR count). The fraction of sp³-hybridized carbons (Fsp3) is 0.136. The number of hydrogen-bond acceptors (Lipinski definition) is 8. The van der Waals surface area contributed by atoms with Crippen LogP contribution in [-0.2, 0) is 4.79 Å². The molecule has 3 heterocycles. The molecule has 1 N–H and O–H groups in total. The molecule has 2 aliphatic heterocycles. The van der Waals surface area contributed by atoms with Crippen molar-refractivity contribution in [2.45, 2.75) is 0 Å². The van der Waals surface area contributed by atoms with Crippen molar-refractivity contribution in [3.05, 3.63) is 69.8 Å². The van der Waals surface area contributed by atoms with Gasteiger partial charge in [-0.2, -0.15) is 0 Å². The Kier molecular flexibility index (Phi) is 5.95. The number of halogens is 1. The fourth-order valence-electron chi connectivity index (χ4n) is 3.41. The van der Waals surface area contributed by atoms with E-state index in [1.54, 1.807) is 48.5 Å². The van der Waals surface area contributed by atoms with Crippen molar-refractivity contribution < 1.29 is 23.9 Å². The fourth-order valence-corrected chi connectivity index (χ4v) is 4.49. The Bertz CT molecular complexity index is 1340. The number of para-hydroxylation sites is 1. The summed E-state index contributed by atoms with van der Waals surface area (Å²) in [5.41, 5.74) is 1.39. The van der Waals surface area contributed by atoms with E-state index in [9.17, 15) is 14.4 Å². The Morgan fingerprint density at radius 2 is 2.00 bits per heavy atom. The predicted octanol–water partition coefficient (Wildman–Crippen LogP) is 3.12. The van der Waals surface area contributed by atoms with Gasteiger partial charge in [-0.05, 0) is 47.7 Å². The molecular formula is C22H16ClN5O5S. The molecule has 2 aromatic carbocycles. The third-order valence-corrected chi connectivity index (χ3v) is 6.28. The molecular weight excluding hydrogens is 482 g/mol. The van der Waals surface area contributed by atoms with Crippen LogP contribution >= 0.6 is 23.4 Å². The van der Waals surface area contributed by atoms with E-state index < -0.39 is 17.1 Å². The van der Waals surface area contributed by atoms with E-state index >= 15 is 0 Å². The van der Waals surface area contributed by atoms with E-state index in [-0.39, 0.29) is 30.5 Å². The van der Waals surface area contributed by atoms with Gasteiger partial charge in [-0.15, -0.1) is 5.10 Å². The summed E-state index contributed by atoms with van der Waals surface area (Å²) in [6, 6.07) is 12.2. The number of ether oxygens (including phenoxy) is 2. The third kappa shape index (κ3) is 4.22. The van der Waals surface area contributed by atoms with Gasteiger partial charge in [0.15, 0.2) is 17.2 Å². The molecule has 1 fully saturated rings. The molecule has 0 radical (unpaired) electrons. The number of aromatic nitrogens is 3. The number of hydrogen-bond donors (Lipinski definition) is 1. The minimum atomic E-state index is -0.465. The third-order valence-electron chi connectivity index (χ3n) is 5.05. The highest BCUT2D eigenvalue weighted by atomic mass is 35.5. The van der Waals surface area contributed by atoms with Gasteiger partial charge in [-0.3, -0.25) is 19.3 Å². The second-order valence-electron chi connectivity index (χ2n) is 7.18. The summed E-state index contributed by atoms with van der Waals surface area (Å²) >= 11 is 7.03. The number of benzene rings is 2. The van der Waals surface area contributed by atoms with E-state index in [0.29, 0.717) is 27.8 Å². The lowest BCUT2D eigenvalue weighted by atomic mass is 10.2. The lowest BCUT2D eigenvalue weighted by Gasteiger charge is -2.13. The number of carbonyl (C=O) groups excluding carboxylic acids is 3. The minimum absolute atomic E-state index is 0.0164. The molecule has 0 aliphatic carbocycles. The number of carbonyl (C=O) groups is 3. The van der Waals surface area contributed by atoms with Crippen LogP contribution in [-0.4, -0.2) is 56.8 Å². The summed E-state index contributed by atoms with van der Waals surface area (Å²) < 4.78 is 11.9. The summed E-state index contributed by atoms with van der Waals surface area (Å²) in [4.78, 5) is 39.2. The van der Waals surface area contributed by atoms with Crippen molar-refractivity contribution in [2.75, 3.05) is 19.9 Å². The van der Waals surface area contributed by atoms with Gasteiger partial charge in [-0.1, -0.05) is 35.0 Å². The van der Waals surface area contributed by atoms with E-state index in [1.807, 2.05) is 0 Å². The Labute approximate surface area is 202 Å². The Morgan fingerprint density at radius 1 is 1.18 bits per heavy atom. The summed E-state index contributed by atoms with van der Waals surface area (Å²) in [7, 11) is 0. The number of amides is 3. The maximum absolute atomic E-state index is 12.7. The summed E-state index contributed by atoms with van der Waals surface area (Å²) in [5.74, 6) is 0.325. The van der Waals surface area contributed by atoms with Crippen molar-refractivity contribution in [3.8, 4) is 17.2 Å². The SMILES string of the molecule is O=C(NCCN1C(=O)S/C(=C/c2ccc3c(c2)OCO3)C1=O)c1cnnn1-c1ccccc1Cl. The lowest BCUT2D eigenvalue weighted by Crippen LogP contribution is -2.37. The first kappa shape index (κ1) is 22.0. The number of nitrogens with one attached hydrogen (secondary N) is 1. The van der Waals surface area contributed by atoms with Gasteiger partial charge in [0.2, 0.25) is 6.79 Å². The van der Waals surface area contributed by atoms with E-state index in [2.05, 4.69) is 15.6 Å². The molecule has 0 bridgehead atoms. The quantitative estimate of drug-likeness (QED) is 0.516. The number of fused-ring (bicyclic) bond motifs is 1. The Balaban J connectivity index is 1.22. The second-order valence-corrected chi connectivity index (χ2v) is 8.58. The van der Waals surface area contributed by atoms with E-state index in [4.69, 9.17) is 21.1 Å². The molecule has 0 saturated carbocycles. The molecule has 2 aliphatic rings. The number of thioether (sulfide) groups is 1. The van der Waals surface area contributed by atoms with E-state index in [1.165, 1.54) is 10.9 Å². The first-order valence-corrected chi connectivity index (χ1v) is 11.3. The van der Waals surface area contributed by atoms with Gasteiger partial charge >= 0.3 is 0 Å². The van der Waals surface area contributed by atoms with Gasteiger partial charge in [0.1, 0.15) is 0 Å². The van der Waals surface area contributed by atoms with Gasteiger partial charge in [0, 0.05) is 13.1 Å². The Morgan fingerprint density at radius 3 is 2.85 bits per heavy atom. The zero-order valence-electron chi connectivity index (χ0n) is 17.4. The molecule has 0 atom stereocenters. The number of rotatable bonds is 6.